The summed E-state index contributed by atoms with van der Waals surface area (Å²) in [5.74, 6) is 0.269. The van der Waals surface area contributed by atoms with E-state index in [1.54, 1.807) is 42.5 Å². The highest BCUT2D eigenvalue weighted by Gasteiger charge is 2.21. The second kappa shape index (κ2) is 9.95. The highest BCUT2D eigenvalue weighted by atomic mass is 32.2. The molecule has 0 bridgehead atoms. The third-order valence-corrected chi connectivity index (χ3v) is 5.97. The molecule has 0 unspecified atom stereocenters. The molecule has 2 aromatic carbocycles. The zero-order valence-corrected chi connectivity index (χ0v) is 18.2. The van der Waals surface area contributed by atoms with Gasteiger partial charge in [0.05, 0.1) is 18.0 Å². The Bertz CT molecular complexity index is 954. The lowest BCUT2D eigenvalue weighted by Crippen LogP contribution is -2.37. The van der Waals surface area contributed by atoms with Gasteiger partial charge in [0.25, 0.3) is 0 Å². The highest BCUT2D eigenvalue weighted by Crippen LogP contribution is 2.21. The van der Waals surface area contributed by atoms with Gasteiger partial charge in [-0.3, -0.25) is 9.10 Å². The van der Waals surface area contributed by atoms with Crippen molar-refractivity contribution < 1.29 is 22.7 Å². The number of carbonyl (C=O) groups excluding carboxylic acids is 1. The molecular formula is C22H28N2O5S. The lowest BCUT2D eigenvalue weighted by Gasteiger charge is -2.23. The summed E-state index contributed by atoms with van der Waals surface area (Å²) in [6.45, 7) is 2.85. The van der Waals surface area contributed by atoms with Crippen LogP contribution in [0.4, 0.5) is 11.4 Å². The molecule has 2 aromatic rings. The van der Waals surface area contributed by atoms with E-state index in [2.05, 4.69) is 5.32 Å². The molecule has 1 saturated heterocycles. The first-order valence-electron chi connectivity index (χ1n) is 10.00. The summed E-state index contributed by atoms with van der Waals surface area (Å²) in [7, 11) is -3.61. The molecule has 7 nitrogen and oxygen atoms in total. The molecule has 1 atom stereocenters. The van der Waals surface area contributed by atoms with Crippen molar-refractivity contribution in [1.29, 1.82) is 0 Å². The number of aryl methyl sites for hydroxylation is 1. The van der Waals surface area contributed by atoms with Crippen LogP contribution >= 0.6 is 0 Å². The van der Waals surface area contributed by atoms with Crippen LogP contribution in [0.15, 0.2) is 48.5 Å². The van der Waals surface area contributed by atoms with Crippen molar-refractivity contribution in [1.82, 2.24) is 0 Å². The van der Waals surface area contributed by atoms with Crippen molar-refractivity contribution in [2.45, 2.75) is 32.3 Å². The standard InChI is InChI=1S/C22H28N2O5S/c1-17-6-5-7-19(14-17)24(30(2,26)27)15-22(25)23-18-9-11-20(12-10-18)29-16-21-8-3-4-13-28-21/h5-7,9-12,14,21H,3-4,8,13,15-16H2,1-2H3,(H,23,25)/t21-/m1/s1. The van der Waals surface area contributed by atoms with Crippen LogP contribution in [0.25, 0.3) is 0 Å². The molecule has 1 heterocycles. The van der Waals surface area contributed by atoms with E-state index in [1.807, 2.05) is 13.0 Å². The van der Waals surface area contributed by atoms with Crippen molar-refractivity contribution in [3.63, 3.8) is 0 Å². The fourth-order valence-electron chi connectivity index (χ4n) is 3.28. The third kappa shape index (κ3) is 6.47. The second-order valence-electron chi connectivity index (χ2n) is 7.48. The van der Waals surface area contributed by atoms with E-state index in [9.17, 15) is 13.2 Å². The van der Waals surface area contributed by atoms with E-state index in [4.69, 9.17) is 9.47 Å². The Labute approximate surface area is 178 Å². The Morgan fingerprint density at radius 2 is 1.97 bits per heavy atom. The summed E-state index contributed by atoms with van der Waals surface area (Å²) in [5.41, 5.74) is 1.94. The maximum absolute atomic E-state index is 12.5. The van der Waals surface area contributed by atoms with Gasteiger partial charge in [-0.25, -0.2) is 8.42 Å². The molecule has 0 aliphatic carbocycles. The Morgan fingerprint density at radius 3 is 2.60 bits per heavy atom. The predicted octanol–water partition coefficient (Wildman–Crippen LogP) is 3.35. The number of hydrogen-bond donors (Lipinski definition) is 1. The van der Waals surface area contributed by atoms with Gasteiger partial charge >= 0.3 is 0 Å². The van der Waals surface area contributed by atoms with Crippen molar-refractivity contribution in [2.75, 3.05) is 35.6 Å². The van der Waals surface area contributed by atoms with Crippen molar-refractivity contribution in [3.05, 3.63) is 54.1 Å². The smallest absolute Gasteiger partial charge is 0.245 e. The number of nitrogens with one attached hydrogen (secondary N) is 1. The molecule has 30 heavy (non-hydrogen) atoms. The molecule has 1 fully saturated rings. The molecule has 1 amide bonds. The zero-order valence-electron chi connectivity index (χ0n) is 17.3. The van der Waals surface area contributed by atoms with Crippen LogP contribution in [0.2, 0.25) is 0 Å². The van der Waals surface area contributed by atoms with Crippen LogP contribution in [0.5, 0.6) is 5.75 Å². The minimum absolute atomic E-state index is 0.127. The average molecular weight is 433 g/mol. The summed E-state index contributed by atoms with van der Waals surface area (Å²) < 4.78 is 36.9. The molecule has 1 N–H and O–H groups in total. The number of benzene rings is 2. The fraction of sp³-hybridized carbons (Fsp3) is 0.409. The van der Waals surface area contributed by atoms with Crippen LogP contribution < -0.4 is 14.4 Å². The number of nitrogens with zero attached hydrogens (tertiary/aromatic N) is 1. The summed E-state index contributed by atoms with van der Waals surface area (Å²) >= 11 is 0. The SMILES string of the molecule is Cc1cccc(N(CC(=O)Nc2ccc(OC[C@H]3CCCCO3)cc2)S(C)(=O)=O)c1. The lowest BCUT2D eigenvalue weighted by molar-refractivity contribution is -0.114. The fourth-order valence-corrected chi connectivity index (χ4v) is 4.12. The first kappa shape index (κ1) is 22.1. The van der Waals surface area contributed by atoms with Gasteiger partial charge in [0.1, 0.15) is 18.9 Å². The lowest BCUT2D eigenvalue weighted by atomic mass is 10.1. The van der Waals surface area contributed by atoms with Gasteiger partial charge in [0, 0.05) is 12.3 Å². The van der Waals surface area contributed by atoms with Crippen molar-refractivity contribution in [3.8, 4) is 5.75 Å². The van der Waals surface area contributed by atoms with Gasteiger partial charge in [-0.1, -0.05) is 12.1 Å². The molecule has 0 saturated carbocycles. The van der Waals surface area contributed by atoms with E-state index in [-0.39, 0.29) is 12.6 Å². The Morgan fingerprint density at radius 1 is 1.20 bits per heavy atom. The molecule has 0 aromatic heterocycles. The average Bonchev–Trinajstić information content (AvgIpc) is 2.71. The maximum atomic E-state index is 12.5. The van der Waals surface area contributed by atoms with Gasteiger partial charge in [-0.15, -0.1) is 0 Å². The summed E-state index contributed by atoms with van der Waals surface area (Å²) in [6, 6.07) is 14.0. The maximum Gasteiger partial charge on any atom is 0.245 e. The zero-order chi connectivity index (χ0) is 21.6. The minimum atomic E-state index is -3.61. The topological polar surface area (TPSA) is 84.9 Å². The van der Waals surface area contributed by atoms with Crippen molar-refractivity contribution >= 4 is 27.3 Å². The molecule has 1 aliphatic rings. The normalized spacial score (nSPS) is 16.7. The number of hydrogen-bond acceptors (Lipinski definition) is 5. The Balaban J connectivity index is 1.57. The first-order valence-corrected chi connectivity index (χ1v) is 11.8. The number of amides is 1. The molecule has 0 radical (unpaired) electrons. The molecule has 162 valence electrons. The summed E-state index contributed by atoms with van der Waals surface area (Å²) in [6.07, 6.45) is 4.48. The number of carbonyl (C=O) groups is 1. The van der Waals surface area contributed by atoms with Gasteiger partial charge in [0.2, 0.25) is 15.9 Å². The minimum Gasteiger partial charge on any atom is -0.491 e. The number of sulfonamides is 1. The summed E-state index contributed by atoms with van der Waals surface area (Å²) in [5, 5.41) is 2.74. The second-order valence-corrected chi connectivity index (χ2v) is 9.39. The van der Waals surface area contributed by atoms with Gasteiger partial charge in [-0.05, 0) is 68.1 Å². The quantitative estimate of drug-likeness (QED) is 0.692. The predicted molar refractivity (Wildman–Crippen MR) is 118 cm³/mol. The molecular weight excluding hydrogens is 404 g/mol. The molecule has 3 rings (SSSR count). The summed E-state index contributed by atoms with van der Waals surface area (Å²) in [4.78, 5) is 12.5. The molecule has 0 spiro atoms. The van der Waals surface area contributed by atoms with E-state index >= 15 is 0 Å². The molecule has 1 aliphatic heterocycles. The number of anilines is 2. The first-order chi connectivity index (χ1) is 14.3. The Kier molecular flexibility index (Phi) is 7.33. The largest absolute Gasteiger partial charge is 0.491 e. The van der Waals surface area contributed by atoms with Gasteiger partial charge in [0.15, 0.2) is 0 Å². The van der Waals surface area contributed by atoms with Crippen LogP contribution in [-0.2, 0) is 19.6 Å². The van der Waals surface area contributed by atoms with E-state index < -0.39 is 15.9 Å². The highest BCUT2D eigenvalue weighted by molar-refractivity contribution is 7.92. The Hall–Kier alpha value is -2.58. The van der Waals surface area contributed by atoms with E-state index in [1.165, 1.54) is 0 Å². The van der Waals surface area contributed by atoms with Gasteiger partial charge in [-0.2, -0.15) is 0 Å². The number of rotatable bonds is 8. The number of ether oxygens (including phenoxy) is 2. The van der Waals surface area contributed by atoms with Crippen LogP contribution in [-0.4, -0.2) is 46.4 Å². The van der Waals surface area contributed by atoms with Gasteiger partial charge < -0.3 is 14.8 Å². The van der Waals surface area contributed by atoms with Crippen LogP contribution in [0.3, 0.4) is 0 Å². The third-order valence-electron chi connectivity index (χ3n) is 4.83. The monoisotopic (exact) mass is 432 g/mol. The van der Waals surface area contributed by atoms with Crippen molar-refractivity contribution in [2.24, 2.45) is 0 Å². The van der Waals surface area contributed by atoms with E-state index in [0.29, 0.717) is 23.7 Å². The molecule has 8 heteroatoms. The van der Waals surface area contributed by atoms with Crippen LogP contribution in [0.1, 0.15) is 24.8 Å². The van der Waals surface area contributed by atoms with E-state index in [0.717, 1.165) is 42.0 Å². The van der Waals surface area contributed by atoms with Crippen LogP contribution in [0, 0.1) is 6.92 Å².